The van der Waals surface area contributed by atoms with Crippen LogP contribution in [0.15, 0.2) is 0 Å². The number of ether oxygens (including phenoxy) is 1. The van der Waals surface area contributed by atoms with Gasteiger partial charge in [0.25, 0.3) is 0 Å². The average molecular weight is 295 g/mol. The first kappa shape index (κ1) is 14.0. The Balaban J connectivity index is 1.79. The molecule has 1 aromatic rings. The molecule has 0 N–H and O–H groups in total. The Morgan fingerprint density at radius 3 is 3.05 bits per heavy atom. The van der Waals surface area contributed by atoms with Crippen molar-refractivity contribution in [2.75, 3.05) is 38.2 Å². The van der Waals surface area contributed by atoms with Crippen LogP contribution in [-0.4, -0.2) is 55.5 Å². The van der Waals surface area contributed by atoms with Gasteiger partial charge < -0.3 is 9.64 Å². The lowest BCUT2D eigenvalue weighted by atomic mass is 10.2. The minimum atomic E-state index is 0.411. The summed E-state index contributed by atoms with van der Waals surface area (Å²) < 4.78 is 5.12. The highest BCUT2D eigenvalue weighted by Crippen LogP contribution is 2.29. The molecule has 2 aliphatic heterocycles. The van der Waals surface area contributed by atoms with E-state index in [0.717, 1.165) is 30.2 Å². The molecule has 6 heteroatoms. The summed E-state index contributed by atoms with van der Waals surface area (Å²) in [6.07, 6.45) is 4.67. The van der Waals surface area contributed by atoms with E-state index >= 15 is 0 Å². The van der Waals surface area contributed by atoms with Gasteiger partial charge in [0, 0.05) is 32.8 Å². The summed E-state index contributed by atoms with van der Waals surface area (Å²) in [5.41, 5.74) is 0.773. The minimum Gasteiger partial charge on any atom is -0.378 e. The number of thiazole rings is 1. The maximum absolute atomic E-state index is 11.1. The number of rotatable bonds is 4. The second-order valence-electron chi connectivity index (χ2n) is 5.49. The zero-order valence-electron chi connectivity index (χ0n) is 11.9. The summed E-state index contributed by atoms with van der Waals surface area (Å²) in [4.78, 5) is 21.4. The molecule has 2 saturated heterocycles. The number of fused-ring (bicyclic) bond motifs is 1. The fraction of sp³-hybridized carbons (Fsp3) is 0.714. The maximum atomic E-state index is 11.1. The zero-order valence-corrected chi connectivity index (χ0v) is 12.7. The van der Waals surface area contributed by atoms with Crippen LogP contribution in [0.2, 0.25) is 0 Å². The topological polar surface area (TPSA) is 45.7 Å². The van der Waals surface area contributed by atoms with Gasteiger partial charge in [-0.05, 0) is 25.8 Å². The Hall–Kier alpha value is -0.980. The molecule has 2 aliphatic rings. The van der Waals surface area contributed by atoms with Crippen molar-refractivity contribution in [3.8, 4) is 0 Å². The number of carbonyl (C=O) groups is 1. The lowest BCUT2D eigenvalue weighted by molar-refractivity contribution is 0.112. The molecule has 1 atom stereocenters. The van der Waals surface area contributed by atoms with E-state index in [0.29, 0.717) is 17.5 Å². The van der Waals surface area contributed by atoms with Gasteiger partial charge in [-0.15, -0.1) is 0 Å². The molecule has 0 spiro atoms. The molecule has 110 valence electrons. The van der Waals surface area contributed by atoms with Crippen molar-refractivity contribution in [3.05, 3.63) is 10.6 Å². The van der Waals surface area contributed by atoms with Crippen LogP contribution in [0.1, 0.15) is 34.6 Å². The van der Waals surface area contributed by atoms with Crippen molar-refractivity contribution in [1.82, 2.24) is 9.88 Å². The van der Waals surface area contributed by atoms with E-state index in [4.69, 9.17) is 4.74 Å². The second-order valence-corrected chi connectivity index (χ2v) is 6.50. The third-order valence-electron chi connectivity index (χ3n) is 4.18. The van der Waals surface area contributed by atoms with Crippen LogP contribution in [-0.2, 0) is 11.3 Å². The summed E-state index contributed by atoms with van der Waals surface area (Å²) in [5, 5.41) is 0.980. The predicted octanol–water partition coefficient (Wildman–Crippen LogP) is 1.78. The van der Waals surface area contributed by atoms with Crippen LogP contribution in [0.3, 0.4) is 0 Å². The first-order valence-corrected chi connectivity index (χ1v) is 8.06. The van der Waals surface area contributed by atoms with Crippen molar-refractivity contribution >= 4 is 22.8 Å². The number of carbonyl (C=O) groups excluding carboxylic acids is 1. The largest absolute Gasteiger partial charge is 0.378 e. The first-order chi connectivity index (χ1) is 9.81. The Bertz CT molecular complexity index is 477. The molecule has 1 aromatic heterocycles. The first-order valence-electron chi connectivity index (χ1n) is 7.24. The molecule has 5 nitrogen and oxygen atoms in total. The maximum Gasteiger partial charge on any atom is 0.186 e. The van der Waals surface area contributed by atoms with E-state index in [1.54, 1.807) is 7.11 Å². The monoisotopic (exact) mass is 295 g/mol. The van der Waals surface area contributed by atoms with Gasteiger partial charge in [-0.3, -0.25) is 9.69 Å². The quantitative estimate of drug-likeness (QED) is 0.792. The number of hydrogen-bond donors (Lipinski definition) is 0. The smallest absolute Gasteiger partial charge is 0.186 e. The van der Waals surface area contributed by atoms with Crippen LogP contribution >= 0.6 is 11.3 Å². The summed E-state index contributed by atoms with van der Waals surface area (Å²) in [7, 11) is 1.63. The van der Waals surface area contributed by atoms with Crippen molar-refractivity contribution in [3.63, 3.8) is 0 Å². The number of nitrogens with zero attached hydrogens (tertiary/aromatic N) is 3. The molecule has 3 rings (SSSR count). The molecule has 0 amide bonds. The molecule has 0 bridgehead atoms. The van der Waals surface area contributed by atoms with Crippen LogP contribution in [0.4, 0.5) is 5.13 Å². The number of methoxy groups -OCH3 is 1. The highest BCUT2D eigenvalue weighted by atomic mass is 32.1. The van der Waals surface area contributed by atoms with Crippen molar-refractivity contribution in [1.29, 1.82) is 0 Å². The van der Waals surface area contributed by atoms with Gasteiger partial charge in [-0.25, -0.2) is 4.98 Å². The van der Waals surface area contributed by atoms with E-state index in [1.807, 2.05) is 0 Å². The van der Waals surface area contributed by atoms with Crippen LogP contribution in [0, 0.1) is 0 Å². The fourth-order valence-corrected chi connectivity index (χ4v) is 4.12. The Labute approximate surface area is 123 Å². The molecule has 3 heterocycles. The lowest BCUT2D eigenvalue weighted by Gasteiger charge is -2.25. The molecule has 0 aliphatic carbocycles. The fourth-order valence-electron chi connectivity index (χ4n) is 3.20. The van der Waals surface area contributed by atoms with Crippen LogP contribution < -0.4 is 4.90 Å². The van der Waals surface area contributed by atoms with Gasteiger partial charge in [-0.1, -0.05) is 11.3 Å². The number of aldehydes is 1. The zero-order chi connectivity index (χ0) is 13.9. The Kier molecular flexibility index (Phi) is 4.33. The van der Waals surface area contributed by atoms with Gasteiger partial charge in [0.1, 0.15) is 0 Å². The number of anilines is 1. The minimum absolute atomic E-state index is 0.411. The van der Waals surface area contributed by atoms with E-state index in [9.17, 15) is 4.79 Å². The van der Waals surface area contributed by atoms with E-state index in [1.165, 1.54) is 43.7 Å². The van der Waals surface area contributed by atoms with E-state index < -0.39 is 0 Å². The molecule has 0 aromatic carbocycles. The molecular weight excluding hydrogens is 274 g/mol. The molecule has 2 fully saturated rings. The summed E-state index contributed by atoms with van der Waals surface area (Å²) in [6, 6.07) is 0.659. The molecular formula is C14H21N3O2S. The van der Waals surface area contributed by atoms with Gasteiger partial charge in [0.15, 0.2) is 11.4 Å². The Morgan fingerprint density at radius 2 is 2.25 bits per heavy atom. The van der Waals surface area contributed by atoms with Crippen molar-refractivity contribution in [2.45, 2.75) is 31.9 Å². The summed E-state index contributed by atoms with van der Waals surface area (Å²) >= 11 is 1.50. The number of hydrogen-bond acceptors (Lipinski definition) is 6. The standard InChI is InChI=1S/C14H21N3O2S/c1-19-10-12-13(9-18)20-14(15-12)17-7-3-6-16-5-2-4-11(16)8-17/h9,11H,2-8,10H2,1H3. The average Bonchev–Trinajstić information content (AvgIpc) is 3.01. The lowest BCUT2D eigenvalue weighted by Crippen LogP contribution is -2.36. The highest BCUT2D eigenvalue weighted by molar-refractivity contribution is 7.17. The van der Waals surface area contributed by atoms with Crippen LogP contribution in [0.25, 0.3) is 0 Å². The molecule has 20 heavy (non-hydrogen) atoms. The SMILES string of the molecule is COCc1nc(N2CCCN3CCCC3C2)sc1C=O. The molecule has 0 radical (unpaired) electrons. The molecule has 1 unspecified atom stereocenters. The molecule has 0 saturated carbocycles. The van der Waals surface area contributed by atoms with Gasteiger partial charge in [-0.2, -0.15) is 0 Å². The predicted molar refractivity (Wildman–Crippen MR) is 79.6 cm³/mol. The normalized spacial score (nSPS) is 23.6. The Morgan fingerprint density at radius 1 is 1.40 bits per heavy atom. The number of aromatic nitrogens is 1. The second kappa shape index (κ2) is 6.20. The third-order valence-corrected chi connectivity index (χ3v) is 5.26. The van der Waals surface area contributed by atoms with Gasteiger partial charge in [0.2, 0.25) is 0 Å². The van der Waals surface area contributed by atoms with Gasteiger partial charge >= 0.3 is 0 Å². The van der Waals surface area contributed by atoms with Crippen molar-refractivity contribution in [2.24, 2.45) is 0 Å². The summed E-state index contributed by atoms with van der Waals surface area (Å²) in [5.74, 6) is 0. The van der Waals surface area contributed by atoms with E-state index in [-0.39, 0.29) is 0 Å². The van der Waals surface area contributed by atoms with Gasteiger partial charge in [0.05, 0.1) is 17.2 Å². The third kappa shape index (κ3) is 2.73. The van der Waals surface area contributed by atoms with E-state index in [2.05, 4.69) is 14.8 Å². The summed E-state index contributed by atoms with van der Waals surface area (Å²) in [6.45, 7) is 4.92. The van der Waals surface area contributed by atoms with Crippen LogP contribution in [0.5, 0.6) is 0 Å². The van der Waals surface area contributed by atoms with Crippen molar-refractivity contribution < 1.29 is 9.53 Å². The highest BCUT2D eigenvalue weighted by Gasteiger charge is 2.30.